The molecule has 2 aliphatic heterocycles. The molecule has 154 valence electrons. The molecule has 2 heterocycles. The Bertz CT molecular complexity index is 996. The van der Waals surface area contributed by atoms with Crippen LogP contribution in [0, 0.1) is 6.92 Å². The van der Waals surface area contributed by atoms with Crippen LogP contribution < -0.4 is 0 Å². The third-order valence-corrected chi connectivity index (χ3v) is 7.80. The molecule has 7 heteroatoms. The minimum absolute atomic E-state index is 0.0942. The van der Waals surface area contributed by atoms with E-state index in [0.717, 1.165) is 29.8 Å². The molecule has 1 fully saturated rings. The topological polar surface area (TPSA) is 60.9 Å². The Kier molecular flexibility index (Phi) is 5.46. The first kappa shape index (κ1) is 20.1. The number of benzene rings is 2. The average molecular weight is 414 g/mol. The predicted molar refractivity (Wildman–Crippen MR) is 112 cm³/mol. The van der Waals surface area contributed by atoms with E-state index < -0.39 is 16.1 Å². The van der Waals surface area contributed by atoms with Gasteiger partial charge in [0.25, 0.3) is 0 Å². The van der Waals surface area contributed by atoms with E-state index in [-0.39, 0.29) is 17.3 Å². The van der Waals surface area contributed by atoms with E-state index >= 15 is 0 Å². The number of rotatable bonds is 3. The molecule has 0 bridgehead atoms. The van der Waals surface area contributed by atoms with Crippen LogP contribution in [0.15, 0.2) is 53.4 Å². The third kappa shape index (κ3) is 3.95. The van der Waals surface area contributed by atoms with E-state index in [2.05, 4.69) is 4.90 Å². The Hall–Kier alpha value is -2.22. The van der Waals surface area contributed by atoms with Crippen LogP contribution in [0.5, 0.6) is 0 Å². The first-order chi connectivity index (χ1) is 13.9. The predicted octanol–water partition coefficient (Wildman–Crippen LogP) is 1.88. The van der Waals surface area contributed by atoms with Crippen molar-refractivity contribution in [1.82, 2.24) is 14.1 Å². The molecule has 0 aromatic heterocycles. The molecule has 0 radical (unpaired) electrons. The number of amides is 1. The van der Waals surface area contributed by atoms with Gasteiger partial charge in [-0.05, 0) is 43.7 Å². The van der Waals surface area contributed by atoms with Crippen molar-refractivity contribution in [2.75, 3.05) is 33.2 Å². The summed E-state index contributed by atoms with van der Waals surface area (Å²) in [7, 11) is -1.76. The summed E-state index contributed by atoms with van der Waals surface area (Å²) in [5, 5.41) is 0. The van der Waals surface area contributed by atoms with Gasteiger partial charge in [-0.15, -0.1) is 0 Å². The molecule has 0 N–H and O–H groups in total. The van der Waals surface area contributed by atoms with E-state index in [0.29, 0.717) is 19.5 Å². The van der Waals surface area contributed by atoms with Gasteiger partial charge >= 0.3 is 0 Å². The summed E-state index contributed by atoms with van der Waals surface area (Å²) in [6.07, 6.45) is 0.409. The maximum Gasteiger partial charge on any atom is 0.244 e. The lowest BCUT2D eigenvalue weighted by atomic mass is 9.95. The van der Waals surface area contributed by atoms with E-state index in [1.54, 1.807) is 24.3 Å². The largest absolute Gasteiger partial charge is 0.339 e. The number of sulfonamides is 1. The number of nitrogens with zero attached hydrogens (tertiary/aromatic N) is 3. The Morgan fingerprint density at radius 1 is 0.931 bits per heavy atom. The van der Waals surface area contributed by atoms with Gasteiger partial charge < -0.3 is 9.80 Å². The summed E-state index contributed by atoms with van der Waals surface area (Å²) in [5.74, 6) is -0.0942. The number of fused-ring (bicyclic) bond motifs is 1. The van der Waals surface area contributed by atoms with E-state index in [4.69, 9.17) is 0 Å². The van der Waals surface area contributed by atoms with Gasteiger partial charge in [-0.3, -0.25) is 4.79 Å². The summed E-state index contributed by atoms with van der Waals surface area (Å²) in [4.78, 5) is 17.6. The Labute approximate surface area is 172 Å². The standard InChI is InChI=1S/C22H27N3O3S/c1-17-7-9-20(10-8-17)29(27,28)25-16-19-6-4-3-5-18(19)15-21(25)22(26)24-13-11-23(2)12-14-24/h3-10,21H,11-16H2,1-2H3/t21-/m0/s1. The number of likely N-dealkylation sites (N-methyl/N-ethyl adjacent to an activating group) is 1. The molecule has 2 aromatic rings. The highest BCUT2D eigenvalue weighted by Crippen LogP contribution is 2.30. The zero-order valence-corrected chi connectivity index (χ0v) is 17.7. The molecule has 0 aliphatic carbocycles. The van der Waals surface area contributed by atoms with Crippen LogP contribution in [-0.2, 0) is 27.8 Å². The van der Waals surface area contributed by atoms with E-state index in [9.17, 15) is 13.2 Å². The summed E-state index contributed by atoms with van der Waals surface area (Å²) < 4.78 is 28.4. The number of carbonyl (C=O) groups is 1. The molecule has 0 unspecified atom stereocenters. The molecule has 0 spiro atoms. The molecule has 29 heavy (non-hydrogen) atoms. The second-order valence-corrected chi connectivity index (χ2v) is 9.87. The van der Waals surface area contributed by atoms with Gasteiger partial charge in [0.15, 0.2) is 0 Å². The summed E-state index contributed by atoms with van der Waals surface area (Å²) in [5.41, 5.74) is 3.01. The second kappa shape index (κ2) is 7.89. The fraction of sp³-hybridized carbons (Fsp3) is 0.409. The van der Waals surface area contributed by atoms with E-state index in [1.165, 1.54) is 4.31 Å². The first-order valence-corrected chi connectivity index (χ1v) is 11.4. The zero-order chi connectivity index (χ0) is 20.6. The number of piperazine rings is 1. The highest BCUT2D eigenvalue weighted by Gasteiger charge is 2.41. The number of aryl methyl sites for hydroxylation is 1. The first-order valence-electron chi connectivity index (χ1n) is 9.99. The fourth-order valence-electron chi connectivity index (χ4n) is 4.05. The van der Waals surface area contributed by atoms with Crippen molar-refractivity contribution in [2.45, 2.75) is 30.8 Å². The van der Waals surface area contributed by atoms with Crippen molar-refractivity contribution in [3.63, 3.8) is 0 Å². The number of hydrogen-bond donors (Lipinski definition) is 0. The second-order valence-electron chi connectivity index (χ2n) is 7.98. The molecule has 2 aromatic carbocycles. The molecule has 1 atom stereocenters. The molecule has 6 nitrogen and oxygen atoms in total. The molecule has 1 saturated heterocycles. The molecular formula is C22H27N3O3S. The SMILES string of the molecule is Cc1ccc(S(=O)(=O)N2Cc3ccccc3C[C@H]2C(=O)N2CCN(C)CC2)cc1. The maximum absolute atomic E-state index is 13.5. The lowest BCUT2D eigenvalue weighted by Gasteiger charge is -2.40. The summed E-state index contributed by atoms with van der Waals surface area (Å²) in [6, 6.07) is 13.9. The Morgan fingerprint density at radius 3 is 2.21 bits per heavy atom. The van der Waals surface area contributed by atoms with Crippen molar-refractivity contribution < 1.29 is 13.2 Å². The van der Waals surface area contributed by atoms with Crippen molar-refractivity contribution in [1.29, 1.82) is 0 Å². The fourth-order valence-corrected chi connectivity index (χ4v) is 5.60. The van der Waals surface area contributed by atoms with Crippen LogP contribution >= 0.6 is 0 Å². The van der Waals surface area contributed by atoms with Crippen LogP contribution in [0.2, 0.25) is 0 Å². The molecule has 4 rings (SSSR count). The maximum atomic E-state index is 13.5. The van der Waals surface area contributed by atoms with Crippen LogP contribution in [-0.4, -0.2) is 67.7 Å². The molecule has 2 aliphatic rings. The normalized spacial score (nSPS) is 21.0. The van der Waals surface area contributed by atoms with Crippen LogP contribution in [0.4, 0.5) is 0 Å². The van der Waals surface area contributed by atoms with Crippen molar-refractivity contribution in [3.8, 4) is 0 Å². The Balaban J connectivity index is 1.70. The monoisotopic (exact) mass is 413 g/mol. The van der Waals surface area contributed by atoms with Gasteiger partial charge in [0, 0.05) is 32.7 Å². The summed E-state index contributed by atoms with van der Waals surface area (Å²) >= 11 is 0. The van der Waals surface area contributed by atoms with Crippen LogP contribution in [0.25, 0.3) is 0 Å². The lowest BCUT2D eigenvalue weighted by molar-refractivity contribution is -0.137. The van der Waals surface area contributed by atoms with Gasteiger partial charge in [0.05, 0.1) is 4.90 Å². The van der Waals surface area contributed by atoms with Gasteiger partial charge in [0.1, 0.15) is 6.04 Å². The quantitative estimate of drug-likeness (QED) is 0.771. The van der Waals surface area contributed by atoms with Crippen molar-refractivity contribution >= 4 is 15.9 Å². The third-order valence-electron chi connectivity index (χ3n) is 5.93. The smallest absolute Gasteiger partial charge is 0.244 e. The number of carbonyl (C=O) groups excluding carboxylic acids is 1. The highest BCUT2D eigenvalue weighted by molar-refractivity contribution is 7.89. The van der Waals surface area contributed by atoms with Gasteiger partial charge in [-0.1, -0.05) is 42.0 Å². The average Bonchev–Trinajstić information content (AvgIpc) is 2.73. The van der Waals surface area contributed by atoms with Crippen molar-refractivity contribution in [3.05, 3.63) is 65.2 Å². The molecule has 1 amide bonds. The lowest BCUT2D eigenvalue weighted by Crippen LogP contribution is -2.57. The number of hydrogen-bond acceptors (Lipinski definition) is 4. The zero-order valence-electron chi connectivity index (χ0n) is 16.9. The van der Waals surface area contributed by atoms with Gasteiger partial charge in [0.2, 0.25) is 15.9 Å². The van der Waals surface area contributed by atoms with Crippen LogP contribution in [0.3, 0.4) is 0 Å². The summed E-state index contributed by atoms with van der Waals surface area (Å²) in [6.45, 7) is 5.01. The van der Waals surface area contributed by atoms with Crippen LogP contribution in [0.1, 0.15) is 16.7 Å². The minimum atomic E-state index is -3.79. The molecular weight excluding hydrogens is 386 g/mol. The molecule has 0 saturated carbocycles. The van der Waals surface area contributed by atoms with Gasteiger partial charge in [-0.2, -0.15) is 4.31 Å². The van der Waals surface area contributed by atoms with Crippen molar-refractivity contribution in [2.24, 2.45) is 0 Å². The van der Waals surface area contributed by atoms with Gasteiger partial charge in [-0.25, -0.2) is 8.42 Å². The minimum Gasteiger partial charge on any atom is -0.339 e. The Morgan fingerprint density at radius 2 is 1.55 bits per heavy atom. The highest BCUT2D eigenvalue weighted by atomic mass is 32.2. The van der Waals surface area contributed by atoms with E-state index in [1.807, 2.05) is 43.1 Å².